The molecule has 11 heavy (non-hydrogen) atoms. The van der Waals surface area contributed by atoms with Crippen molar-refractivity contribution in [3.63, 3.8) is 0 Å². The van der Waals surface area contributed by atoms with Crippen LogP contribution in [0.5, 0.6) is 0 Å². The number of carbonyl (C=O) groups is 1. The molecule has 0 radical (unpaired) electrons. The summed E-state index contributed by atoms with van der Waals surface area (Å²) >= 11 is 0. The Morgan fingerprint density at radius 1 is 1.64 bits per heavy atom. The number of nitrogens with zero attached hydrogens (tertiary/aromatic N) is 1. The number of aromatic nitrogens is 1. The van der Waals surface area contributed by atoms with Gasteiger partial charge in [0.1, 0.15) is 5.69 Å². The van der Waals surface area contributed by atoms with Crippen LogP contribution in [0.2, 0.25) is 0 Å². The molecular weight excluding hydrogens is 138 g/mol. The third-order valence-corrected chi connectivity index (χ3v) is 1.21. The molecule has 1 aromatic rings. The van der Waals surface area contributed by atoms with Crippen molar-refractivity contribution in [1.82, 2.24) is 4.98 Å². The highest BCUT2D eigenvalue weighted by Crippen LogP contribution is 1.96. The molecule has 0 spiro atoms. The summed E-state index contributed by atoms with van der Waals surface area (Å²) in [5.41, 5.74) is 0.436. The Labute approximate surface area is 65.3 Å². The molecule has 0 fully saturated rings. The average molecular weight is 145 g/mol. The zero-order chi connectivity index (χ0) is 8.10. The number of carbonyl (C=O) groups excluding carboxylic acids is 1. The topological polar surface area (TPSA) is 30.0 Å². The lowest BCUT2D eigenvalue weighted by Gasteiger charge is -1.92. The number of ketones is 1. The van der Waals surface area contributed by atoms with Gasteiger partial charge in [-0.1, -0.05) is 12.0 Å². The number of hydrogen-bond acceptors (Lipinski definition) is 2. The minimum atomic E-state index is -0.104. The van der Waals surface area contributed by atoms with E-state index in [0.717, 1.165) is 0 Å². The van der Waals surface area contributed by atoms with Crippen molar-refractivity contribution in [2.24, 2.45) is 0 Å². The van der Waals surface area contributed by atoms with E-state index in [1.807, 2.05) is 0 Å². The second-order valence-corrected chi connectivity index (χ2v) is 2.02. The van der Waals surface area contributed by atoms with Gasteiger partial charge in [0.2, 0.25) is 0 Å². The number of rotatable bonds is 2. The van der Waals surface area contributed by atoms with Crippen molar-refractivity contribution < 1.29 is 4.79 Å². The Balaban J connectivity index is 2.79. The second kappa shape index (κ2) is 3.52. The van der Waals surface area contributed by atoms with Gasteiger partial charge in [0.25, 0.3) is 0 Å². The van der Waals surface area contributed by atoms with Gasteiger partial charge in [-0.15, -0.1) is 6.42 Å². The van der Waals surface area contributed by atoms with E-state index in [1.54, 1.807) is 24.4 Å². The van der Waals surface area contributed by atoms with Gasteiger partial charge in [0, 0.05) is 6.20 Å². The largest absolute Gasteiger partial charge is 0.291 e. The summed E-state index contributed by atoms with van der Waals surface area (Å²) in [7, 11) is 0. The van der Waals surface area contributed by atoms with E-state index < -0.39 is 0 Å². The van der Waals surface area contributed by atoms with E-state index in [1.165, 1.54) is 0 Å². The molecule has 0 saturated heterocycles. The van der Waals surface area contributed by atoms with Crippen molar-refractivity contribution in [3.05, 3.63) is 30.1 Å². The van der Waals surface area contributed by atoms with Crippen molar-refractivity contribution >= 4 is 5.78 Å². The maximum absolute atomic E-state index is 11.0. The van der Waals surface area contributed by atoms with Crippen LogP contribution < -0.4 is 0 Å². The number of hydrogen-bond donors (Lipinski definition) is 0. The number of pyridine rings is 1. The SMILES string of the molecule is C#CCC(=O)c1ccccn1. The highest BCUT2D eigenvalue weighted by molar-refractivity contribution is 5.95. The minimum Gasteiger partial charge on any atom is -0.291 e. The van der Waals surface area contributed by atoms with Crippen LogP contribution >= 0.6 is 0 Å². The van der Waals surface area contributed by atoms with Crippen LogP contribution in [0.3, 0.4) is 0 Å². The van der Waals surface area contributed by atoms with E-state index in [2.05, 4.69) is 10.9 Å². The van der Waals surface area contributed by atoms with Crippen molar-refractivity contribution in [3.8, 4) is 12.3 Å². The lowest BCUT2D eigenvalue weighted by molar-refractivity contribution is 0.0993. The van der Waals surface area contributed by atoms with Crippen molar-refractivity contribution in [2.45, 2.75) is 6.42 Å². The standard InChI is InChI=1S/C9H7NO/c1-2-5-9(11)8-6-3-4-7-10-8/h1,3-4,6-7H,5H2. The molecule has 1 heterocycles. The van der Waals surface area contributed by atoms with E-state index in [4.69, 9.17) is 6.42 Å². The summed E-state index contributed by atoms with van der Waals surface area (Å²) in [6.45, 7) is 0. The first kappa shape index (κ1) is 7.49. The van der Waals surface area contributed by atoms with Gasteiger partial charge in [-0.3, -0.25) is 9.78 Å². The molecule has 0 saturated carbocycles. The molecule has 0 aromatic carbocycles. The third kappa shape index (κ3) is 1.91. The summed E-state index contributed by atoms with van der Waals surface area (Å²) < 4.78 is 0. The predicted octanol–water partition coefficient (Wildman–Crippen LogP) is 1.29. The lowest BCUT2D eigenvalue weighted by Crippen LogP contribution is -1.99. The fourth-order valence-electron chi connectivity index (χ4n) is 0.711. The fourth-order valence-corrected chi connectivity index (χ4v) is 0.711. The van der Waals surface area contributed by atoms with Crippen molar-refractivity contribution in [2.75, 3.05) is 0 Å². The molecule has 0 amide bonds. The average Bonchev–Trinajstić information content (AvgIpc) is 2.07. The number of Topliss-reactive ketones (excluding diaryl/α,β-unsaturated/α-hetero) is 1. The van der Waals surface area contributed by atoms with Gasteiger partial charge in [0.05, 0.1) is 6.42 Å². The van der Waals surface area contributed by atoms with Gasteiger partial charge in [-0.2, -0.15) is 0 Å². The first-order valence-corrected chi connectivity index (χ1v) is 3.22. The molecule has 0 aliphatic heterocycles. The molecule has 1 aromatic heterocycles. The van der Waals surface area contributed by atoms with E-state index in [-0.39, 0.29) is 12.2 Å². The van der Waals surface area contributed by atoms with Crippen LogP contribution in [0.25, 0.3) is 0 Å². The van der Waals surface area contributed by atoms with Gasteiger partial charge < -0.3 is 0 Å². The summed E-state index contributed by atoms with van der Waals surface area (Å²) in [4.78, 5) is 14.9. The Hall–Kier alpha value is -1.62. The van der Waals surface area contributed by atoms with Gasteiger partial charge in [-0.05, 0) is 12.1 Å². The summed E-state index contributed by atoms with van der Waals surface area (Å²) in [5, 5.41) is 0. The van der Waals surface area contributed by atoms with E-state index >= 15 is 0 Å². The molecule has 0 bridgehead atoms. The molecule has 1 rings (SSSR count). The number of terminal acetylenes is 1. The van der Waals surface area contributed by atoms with Crippen molar-refractivity contribution in [1.29, 1.82) is 0 Å². The monoisotopic (exact) mass is 145 g/mol. The second-order valence-electron chi connectivity index (χ2n) is 2.02. The minimum absolute atomic E-state index is 0.104. The first-order chi connectivity index (χ1) is 5.34. The maximum Gasteiger partial charge on any atom is 0.192 e. The molecule has 0 aliphatic rings. The lowest BCUT2D eigenvalue weighted by atomic mass is 10.2. The Kier molecular flexibility index (Phi) is 2.40. The summed E-state index contributed by atoms with van der Waals surface area (Å²) in [5.74, 6) is 2.17. The Bertz CT molecular complexity index is 284. The van der Waals surface area contributed by atoms with Gasteiger partial charge >= 0.3 is 0 Å². The molecule has 0 atom stereocenters. The Morgan fingerprint density at radius 3 is 3.00 bits per heavy atom. The molecule has 2 heteroatoms. The molecule has 54 valence electrons. The molecule has 0 N–H and O–H groups in total. The summed E-state index contributed by atoms with van der Waals surface area (Å²) in [6, 6.07) is 5.17. The smallest absolute Gasteiger partial charge is 0.192 e. The molecule has 2 nitrogen and oxygen atoms in total. The van der Waals surface area contributed by atoms with Crippen LogP contribution in [0.4, 0.5) is 0 Å². The zero-order valence-electron chi connectivity index (χ0n) is 5.95. The van der Waals surface area contributed by atoms with Crippen LogP contribution in [0.15, 0.2) is 24.4 Å². The predicted molar refractivity (Wildman–Crippen MR) is 42.0 cm³/mol. The van der Waals surface area contributed by atoms with E-state index in [9.17, 15) is 4.79 Å². The van der Waals surface area contributed by atoms with Gasteiger partial charge in [-0.25, -0.2) is 0 Å². The van der Waals surface area contributed by atoms with E-state index in [0.29, 0.717) is 5.69 Å². The third-order valence-electron chi connectivity index (χ3n) is 1.21. The molecular formula is C9H7NO. The normalized spacial score (nSPS) is 8.64. The van der Waals surface area contributed by atoms with Crippen LogP contribution in [0, 0.1) is 12.3 Å². The first-order valence-electron chi connectivity index (χ1n) is 3.22. The van der Waals surface area contributed by atoms with Crippen LogP contribution in [-0.2, 0) is 0 Å². The fraction of sp³-hybridized carbons (Fsp3) is 0.111. The quantitative estimate of drug-likeness (QED) is 0.463. The summed E-state index contributed by atoms with van der Waals surface area (Å²) in [6.07, 6.45) is 6.66. The molecule has 0 aliphatic carbocycles. The van der Waals surface area contributed by atoms with Gasteiger partial charge in [0.15, 0.2) is 5.78 Å². The highest BCUT2D eigenvalue weighted by Gasteiger charge is 2.02. The highest BCUT2D eigenvalue weighted by atomic mass is 16.1. The zero-order valence-corrected chi connectivity index (χ0v) is 5.95. The van der Waals surface area contributed by atoms with Crippen LogP contribution in [0.1, 0.15) is 16.9 Å². The maximum atomic E-state index is 11.0. The molecule has 0 unspecified atom stereocenters. The Morgan fingerprint density at radius 2 is 2.45 bits per heavy atom. The van der Waals surface area contributed by atoms with Crippen LogP contribution in [-0.4, -0.2) is 10.8 Å².